The molecule has 0 heterocycles. The second kappa shape index (κ2) is 5.64. The third-order valence-corrected chi connectivity index (χ3v) is 2.45. The Hall–Kier alpha value is -1.18. The Bertz CT molecular complexity index is 331. The molecule has 1 rings (SSSR count). The molecule has 0 aliphatic carbocycles. The molecule has 2 heteroatoms. The summed E-state index contributed by atoms with van der Waals surface area (Å²) < 4.78 is 12.9. The molecule has 0 spiro atoms. The van der Waals surface area contributed by atoms with Gasteiger partial charge < -0.3 is 0 Å². The van der Waals surface area contributed by atoms with Gasteiger partial charge in [-0.1, -0.05) is 32.9 Å². The summed E-state index contributed by atoms with van der Waals surface area (Å²) in [6.07, 6.45) is 2.78. The number of rotatable bonds is 4. The Morgan fingerprint density at radius 3 is 2.67 bits per heavy atom. The second-order valence-corrected chi connectivity index (χ2v) is 4.05. The van der Waals surface area contributed by atoms with Crippen LogP contribution >= 0.6 is 0 Å². The third kappa shape index (κ3) is 3.82. The minimum atomic E-state index is -0.212. The topological polar surface area (TPSA) is 12.4 Å². The first kappa shape index (κ1) is 11.9. The highest BCUT2D eigenvalue weighted by atomic mass is 19.1. The van der Waals surface area contributed by atoms with Gasteiger partial charge in [0.1, 0.15) is 5.82 Å². The molecule has 0 saturated carbocycles. The summed E-state index contributed by atoms with van der Waals surface area (Å²) in [5, 5.41) is 0. The van der Waals surface area contributed by atoms with Gasteiger partial charge in [-0.05, 0) is 30.0 Å². The van der Waals surface area contributed by atoms with Gasteiger partial charge >= 0.3 is 0 Å². The van der Waals surface area contributed by atoms with Crippen LogP contribution in [0.15, 0.2) is 29.3 Å². The Labute approximate surface area is 91.0 Å². The number of hydrogen-bond acceptors (Lipinski definition) is 1. The van der Waals surface area contributed by atoms with E-state index in [9.17, 15) is 4.39 Å². The molecule has 0 saturated heterocycles. The van der Waals surface area contributed by atoms with Gasteiger partial charge in [0.25, 0.3) is 0 Å². The van der Waals surface area contributed by atoms with E-state index in [2.05, 4.69) is 25.8 Å². The molecule has 1 atom stereocenters. The predicted molar refractivity (Wildman–Crippen MR) is 62.9 cm³/mol. The first-order valence-electron chi connectivity index (χ1n) is 5.42. The zero-order valence-electron chi connectivity index (χ0n) is 9.57. The van der Waals surface area contributed by atoms with Crippen LogP contribution in [0.4, 0.5) is 4.39 Å². The highest BCUT2D eigenvalue weighted by molar-refractivity contribution is 5.79. The standard InChI is InChI=1S/C13H18FN/c1-4-13(10(2)3)15-9-11-6-5-7-12(14)8-11/h5-10,13H,4H2,1-3H3. The Morgan fingerprint density at radius 1 is 1.40 bits per heavy atom. The van der Waals surface area contributed by atoms with Crippen molar-refractivity contribution in [2.75, 3.05) is 0 Å². The number of aliphatic imine (C=N–C) groups is 1. The van der Waals surface area contributed by atoms with Crippen LogP contribution in [0.5, 0.6) is 0 Å². The van der Waals surface area contributed by atoms with Crippen LogP contribution in [-0.4, -0.2) is 12.3 Å². The van der Waals surface area contributed by atoms with E-state index in [0.29, 0.717) is 12.0 Å². The van der Waals surface area contributed by atoms with Crippen LogP contribution in [0.1, 0.15) is 32.8 Å². The summed E-state index contributed by atoms with van der Waals surface area (Å²) in [4.78, 5) is 4.46. The van der Waals surface area contributed by atoms with Crippen molar-refractivity contribution >= 4 is 6.21 Å². The number of benzene rings is 1. The third-order valence-electron chi connectivity index (χ3n) is 2.45. The fraction of sp³-hybridized carbons (Fsp3) is 0.462. The Kier molecular flexibility index (Phi) is 4.47. The minimum absolute atomic E-state index is 0.212. The van der Waals surface area contributed by atoms with Crippen LogP contribution in [0.25, 0.3) is 0 Å². The van der Waals surface area contributed by atoms with E-state index >= 15 is 0 Å². The molecule has 0 amide bonds. The zero-order valence-corrected chi connectivity index (χ0v) is 9.57. The van der Waals surface area contributed by atoms with E-state index in [1.54, 1.807) is 12.3 Å². The predicted octanol–water partition coefficient (Wildman–Crippen LogP) is 3.68. The highest BCUT2D eigenvalue weighted by Gasteiger charge is 2.07. The first-order valence-corrected chi connectivity index (χ1v) is 5.42. The maximum atomic E-state index is 12.9. The molecule has 15 heavy (non-hydrogen) atoms. The molecule has 0 radical (unpaired) electrons. The van der Waals surface area contributed by atoms with Crippen molar-refractivity contribution in [3.05, 3.63) is 35.6 Å². The van der Waals surface area contributed by atoms with Crippen molar-refractivity contribution in [2.45, 2.75) is 33.2 Å². The molecule has 0 aliphatic heterocycles. The van der Waals surface area contributed by atoms with E-state index in [1.165, 1.54) is 12.1 Å². The quantitative estimate of drug-likeness (QED) is 0.668. The van der Waals surface area contributed by atoms with Gasteiger partial charge in [-0.25, -0.2) is 4.39 Å². The Balaban J connectivity index is 2.71. The maximum Gasteiger partial charge on any atom is 0.123 e. The fourth-order valence-electron chi connectivity index (χ4n) is 1.52. The molecule has 1 aromatic rings. The molecule has 0 bridgehead atoms. The van der Waals surface area contributed by atoms with E-state index in [4.69, 9.17) is 0 Å². The molecule has 82 valence electrons. The second-order valence-electron chi connectivity index (χ2n) is 4.05. The Morgan fingerprint density at radius 2 is 2.13 bits per heavy atom. The van der Waals surface area contributed by atoms with Crippen LogP contribution in [0.2, 0.25) is 0 Å². The van der Waals surface area contributed by atoms with Crippen LogP contribution in [0.3, 0.4) is 0 Å². The summed E-state index contributed by atoms with van der Waals surface area (Å²) in [5.74, 6) is 0.316. The van der Waals surface area contributed by atoms with Crippen molar-refractivity contribution in [1.82, 2.24) is 0 Å². The van der Waals surface area contributed by atoms with Crippen molar-refractivity contribution in [3.63, 3.8) is 0 Å². The van der Waals surface area contributed by atoms with Gasteiger partial charge in [-0.2, -0.15) is 0 Å². The summed E-state index contributed by atoms with van der Waals surface area (Å²) in [6.45, 7) is 6.42. The molecule has 1 aromatic carbocycles. The van der Waals surface area contributed by atoms with Crippen molar-refractivity contribution in [2.24, 2.45) is 10.9 Å². The number of halogens is 1. The molecule has 0 aliphatic rings. The average Bonchev–Trinajstić information content (AvgIpc) is 2.18. The van der Waals surface area contributed by atoms with Crippen molar-refractivity contribution in [3.8, 4) is 0 Å². The van der Waals surface area contributed by atoms with Gasteiger partial charge in [0.2, 0.25) is 0 Å². The smallest absolute Gasteiger partial charge is 0.123 e. The van der Waals surface area contributed by atoms with Gasteiger partial charge in [-0.15, -0.1) is 0 Å². The SMILES string of the molecule is CCC(N=Cc1cccc(F)c1)C(C)C. The summed E-state index contributed by atoms with van der Waals surface area (Å²) in [6, 6.07) is 6.83. The van der Waals surface area contributed by atoms with E-state index in [1.807, 2.05) is 6.07 Å². The zero-order chi connectivity index (χ0) is 11.3. The van der Waals surface area contributed by atoms with Crippen LogP contribution in [-0.2, 0) is 0 Å². The van der Waals surface area contributed by atoms with Crippen LogP contribution in [0, 0.1) is 11.7 Å². The number of nitrogens with zero attached hydrogens (tertiary/aromatic N) is 1. The normalized spacial score (nSPS) is 13.7. The van der Waals surface area contributed by atoms with Gasteiger partial charge in [0, 0.05) is 6.21 Å². The van der Waals surface area contributed by atoms with E-state index in [0.717, 1.165) is 12.0 Å². The van der Waals surface area contributed by atoms with Gasteiger partial charge in [-0.3, -0.25) is 4.99 Å². The lowest BCUT2D eigenvalue weighted by atomic mass is 10.0. The molecule has 1 nitrogen and oxygen atoms in total. The minimum Gasteiger partial charge on any atom is -0.289 e. The first-order chi connectivity index (χ1) is 7.13. The van der Waals surface area contributed by atoms with Crippen molar-refractivity contribution in [1.29, 1.82) is 0 Å². The molecule has 0 N–H and O–H groups in total. The van der Waals surface area contributed by atoms with Crippen LogP contribution < -0.4 is 0 Å². The molecule has 0 aromatic heterocycles. The highest BCUT2D eigenvalue weighted by Crippen LogP contribution is 2.10. The summed E-state index contributed by atoms with van der Waals surface area (Å²) in [7, 11) is 0. The van der Waals surface area contributed by atoms with Crippen molar-refractivity contribution < 1.29 is 4.39 Å². The summed E-state index contributed by atoms with van der Waals surface area (Å²) >= 11 is 0. The molecular formula is C13H18FN. The van der Waals surface area contributed by atoms with Gasteiger partial charge in [0.15, 0.2) is 0 Å². The number of hydrogen-bond donors (Lipinski definition) is 0. The van der Waals surface area contributed by atoms with Gasteiger partial charge in [0.05, 0.1) is 6.04 Å². The van der Waals surface area contributed by atoms with E-state index in [-0.39, 0.29) is 5.82 Å². The van der Waals surface area contributed by atoms with E-state index < -0.39 is 0 Å². The molecular weight excluding hydrogens is 189 g/mol. The largest absolute Gasteiger partial charge is 0.289 e. The monoisotopic (exact) mass is 207 g/mol. The maximum absolute atomic E-state index is 12.9. The molecule has 1 unspecified atom stereocenters. The lowest BCUT2D eigenvalue weighted by molar-refractivity contribution is 0.485. The lowest BCUT2D eigenvalue weighted by Crippen LogP contribution is -2.11. The average molecular weight is 207 g/mol. The summed E-state index contributed by atoms with van der Waals surface area (Å²) in [5.41, 5.74) is 0.828. The fourth-order valence-corrected chi connectivity index (χ4v) is 1.52. The lowest BCUT2D eigenvalue weighted by Gasteiger charge is -2.13. The molecule has 0 fully saturated rings.